The van der Waals surface area contributed by atoms with Gasteiger partial charge in [0.2, 0.25) is 0 Å². The van der Waals surface area contributed by atoms with Crippen molar-refractivity contribution in [2.75, 3.05) is 0 Å². The van der Waals surface area contributed by atoms with Crippen LogP contribution in [0.5, 0.6) is 5.75 Å². The van der Waals surface area contributed by atoms with Gasteiger partial charge in [0, 0.05) is 5.56 Å². The lowest BCUT2D eigenvalue weighted by atomic mass is 10.1. The van der Waals surface area contributed by atoms with Crippen LogP contribution < -0.4 is 0 Å². The van der Waals surface area contributed by atoms with Crippen molar-refractivity contribution in [2.45, 2.75) is 6.92 Å². The molecule has 0 aliphatic heterocycles. The first-order chi connectivity index (χ1) is 6.69. The Bertz CT molecular complexity index is 368. The highest BCUT2D eigenvalue weighted by Crippen LogP contribution is 2.11. The molecule has 0 saturated carbocycles. The Hall–Kier alpha value is -2.04. The van der Waals surface area contributed by atoms with Crippen LogP contribution in [0.3, 0.4) is 0 Å². The summed E-state index contributed by atoms with van der Waals surface area (Å²) >= 11 is 0. The second-order valence-corrected chi connectivity index (χ2v) is 2.68. The molecule has 5 heteroatoms. The first-order valence-corrected chi connectivity index (χ1v) is 3.89. The van der Waals surface area contributed by atoms with E-state index in [-0.39, 0.29) is 17.2 Å². The van der Waals surface area contributed by atoms with E-state index in [0.717, 1.165) is 0 Å². The van der Waals surface area contributed by atoms with Crippen molar-refractivity contribution in [3.8, 4) is 5.75 Å². The third-order valence-corrected chi connectivity index (χ3v) is 1.73. The number of phenols is 1. The lowest BCUT2D eigenvalue weighted by Gasteiger charge is -2.02. The molecule has 0 aliphatic rings. The molecule has 0 amide bonds. The molecule has 1 aromatic carbocycles. The van der Waals surface area contributed by atoms with Crippen LogP contribution in [0.25, 0.3) is 0 Å². The number of benzene rings is 1. The van der Waals surface area contributed by atoms with E-state index in [0.29, 0.717) is 5.56 Å². The van der Waals surface area contributed by atoms with Gasteiger partial charge in [-0.25, -0.2) is 0 Å². The Morgan fingerprint density at radius 2 is 1.64 bits per heavy atom. The molecular weight excluding hydrogens is 184 g/mol. The van der Waals surface area contributed by atoms with Crippen molar-refractivity contribution in [2.24, 2.45) is 10.3 Å². The summed E-state index contributed by atoms with van der Waals surface area (Å²) in [6.45, 7) is 1.50. The smallest absolute Gasteiger partial charge is 0.134 e. The third-order valence-electron chi connectivity index (χ3n) is 1.73. The normalized spacial score (nSPS) is 12.9. The molecule has 3 N–H and O–H groups in total. The molecule has 0 atom stereocenters. The Labute approximate surface area is 80.6 Å². The molecule has 0 aliphatic carbocycles. The van der Waals surface area contributed by atoms with Gasteiger partial charge in [0.05, 0.1) is 0 Å². The summed E-state index contributed by atoms with van der Waals surface area (Å²) in [4.78, 5) is 0. The van der Waals surface area contributed by atoms with Gasteiger partial charge in [-0.15, -0.1) is 0 Å². The minimum absolute atomic E-state index is 0.115. The molecule has 0 bridgehead atoms. The summed E-state index contributed by atoms with van der Waals surface area (Å²) in [7, 11) is 0. The molecule has 74 valence electrons. The number of aromatic hydroxyl groups is 1. The van der Waals surface area contributed by atoms with Crippen LogP contribution in [0.1, 0.15) is 12.5 Å². The van der Waals surface area contributed by atoms with Crippen LogP contribution in [0, 0.1) is 0 Å². The van der Waals surface area contributed by atoms with Crippen LogP contribution in [-0.4, -0.2) is 26.9 Å². The Morgan fingerprint density at radius 1 is 1.07 bits per heavy atom. The molecule has 0 spiro atoms. The van der Waals surface area contributed by atoms with Gasteiger partial charge in [0.1, 0.15) is 17.2 Å². The molecule has 0 radical (unpaired) electrons. The van der Waals surface area contributed by atoms with Crippen molar-refractivity contribution in [3.05, 3.63) is 29.8 Å². The summed E-state index contributed by atoms with van der Waals surface area (Å²) in [5.41, 5.74) is 0.909. The zero-order chi connectivity index (χ0) is 10.6. The fourth-order valence-electron chi connectivity index (χ4n) is 1.01. The van der Waals surface area contributed by atoms with Crippen molar-refractivity contribution in [3.63, 3.8) is 0 Å². The lowest BCUT2D eigenvalue weighted by molar-refractivity contribution is 0.314. The number of nitrogens with zero attached hydrogens (tertiary/aromatic N) is 2. The molecule has 1 rings (SSSR count). The van der Waals surface area contributed by atoms with E-state index >= 15 is 0 Å². The molecule has 5 nitrogen and oxygen atoms in total. The highest BCUT2D eigenvalue weighted by Gasteiger charge is 2.08. The lowest BCUT2D eigenvalue weighted by Crippen LogP contribution is -2.11. The summed E-state index contributed by atoms with van der Waals surface area (Å²) in [6.07, 6.45) is 0. The maximum Gasteiger partial charge on any atom is 0.134 e. The highest BCUT2D eigenvalue weighted by molar-refractivity contribution is 6.47. The average Bonchev–Trinajstić information content (AvgIpc) is 2.21. The van der Waals surface area contributed by atoms with Crippen LogP contribution in [0.15, 0.2) is 34.6 Å². The second-order valence-electron chi connectivity index (χ2n) is 2.68. The van der Waals surface area contributed by atoms with Gasteiger partial charge in [-0.1, -0.05) is 10.3 Å². The van der Waals surface area contributed by atoms with E-state index in [1.807, 2.05) is 0 Å². The van der Waals surface area contributed by atoms with Gasteiger partial charge in [-0.05, 0) is 31.2 Å². The second kappa shape index (κ2) is 4.27. The molecule has 0 aromatic heterocycles. The average molecular weight is 194 g/mol. The number of hydrogen-bond acceptors (Lipinski definition) is 5. The maximum atomic E-state index is 9.02. The largest absolute Gasteiger partial charge is 0.508 e. The number of hydrogen-bond donors (Lipinski definition) is 3. The highest BCUT2D eigenvalue weighted by atomic mass is 16.4. The Balaban J connectivity index is 3.09. The van der Waals surface area contributed by atoms with E-state index in [1.165, 1.54) is 19.1 Å². The standard InChI is InChI=1S/C9H10N2O3/c1-6(10-13)9(11-14)7-2-4-8(12)5-3-7/h2-5,12-14H,1H3. The van der Waals surface area contributed by atoms with Crippen LogP contribution in [0.4, 0.5) is 0 Å². The van der Waals surface area contributed by atoms with Gasteiger partial charge < -0.3 is 15.5 Å². The third kappa shape index (κ3) is 2.01. The molecule has 0 heterocycles. The van der Waals surface area contributed by atoms with E-state index in [9.17, 15) is 0 Å². The Morgan fingerprint density at radius 3 is 2.07 bits per heavy atom. The fourth-order valence-corrected chi connectivity index (χ4v) is 1.01. The van der Waals surface area contributed by atoms with E-state index < -0.39 is 0 Å². The van der Waals surface area contributed by atoms with Crippen LogP contribution in [0.2, 0.25) is 0 Å². The first-order valence-electron chi connectivity index (χ1n) is 3.89. The van der Waals surface area contributed by atoms with E-state index in [1.54, 1.807) is 12.1 Å². The summed E-state index contributed by atoms with van der Waals surface area (Å²) in [5, 5.41) is 32.1. The van der Waals surface area contributed by atoms with Crippen molar-refractivity contribution < 1.29 is 15.5 Å². The quantitative estimate of drug-likeness (QED) is 0.378. The maximum absolute atomic E-state index is 9.02. The first kappa shape index (κ1) is 10.0. The van der Waals surface area contributed by atoms with E-state index in [2.05, 4.69) is 10.3 Å². The molecule has 0 saturated heterocycles. The predicted octanol–water partition coefficient (Wildman–Crippen LogP) is 1.42. The molecule has 1 aromatic rings. The molecular formula is C9H10N2O3. The van der Waals surface area contributed by atoms with Crippen molar-refractivity contribution in [1.82, 2.24) is 0 Å². The van der Waals surface area contributed by atoms with Crippen molar-refractivity contribution >= 4 is 11.4 Å². The molecule has 0 unspecified atom stereocenters. The SMILES string of the molecule is CC(=NO)C(=NO)c1ccc(O)cc1. The van der Waals surface area contributed by atoms with Crippen LogP contribution in [-0.2, 0) is 0 Å². The summed E-state index contributed by atoms with van der Waals surface area (Å²) in [5.74, 6) is 0.115. The topological polar surface area (TPSA) is 85.4 Å². The van der Waals surface area contributed by atoms with Gasteiger partial charge in [-0.3, -0.25) is 0 Å². The number of oxime groups is 2. The van der Waals surface area contributed by atoms with Gasteiger partial charge in [0.25, 0.3) is 0 Å². The summed E-state index contributed by atoms with van der Waals surface area (Å²) in [6, 6.07) is 6.01. The number of rotatable bonds is 2. The van der Waals surface area contributed by atoms with Gasteiger partial charge >= 0.3 is 0 Å². The Kier molecular flexibility index (Phi) is 3.06. The van der Waals surface area contributed by atoms with Gasteiger partial charge in [0.15, 0.2) is 0 Å². The minimum atomic E-state index is 0.115. The van der Waals surface area contributed by atoms with E-state index in [4.69, 9.17) is 15.5 Å². The molecule has 0 fully saturated rings. The van der Waals surface area contributed by atoms with Gasteiger partial charge in [-0.2, -0.15) is 0 Å². The monoisotopic (exact) mass is 194 g/mol. The summed E-state index contributed by atoms with van der Waals surface area (Å²) < 4.78 is 0. The minimum Gasteiger partial charge on any atom is -0.508 e. The fraction of sp³-hybridized carbons (Fsp3) is 0.111. The zero-order valence-corrected chi connectivity index (χ0v) is 7.55. The predicted molar refractivity (Wildman–Crippen MR) is 51.3 cm³/mol. The van der Waals surface area contributed by atoms with Crippen LogP contribution >= 0.6 is 0 Å². The van der Waals surface area contributed by atoms with Crippen molar-refractivity contribution in [1.29, 1.82) is 0 Å². The molecule has 14 heavy (non-hydrogen) atoms. The number of phenolic OH excluding ortho intramolecular Hbond substituents is 1. The zero-order valence-electron chi connectivity index (χ0n) is 7.55.